The van der Waals surface area contributed by atoms with Crippen molar-refractivity contribution in [3.8, 4) is 0 Å². The largest absolute Gasteiger partial charge is 1.00 e. The van der Waals surface area contributed by atoms with Crippen LogP contribution < -0.4 is 51.4 Å². The zero-order valence-electron chi connectivity index (χ0n) is 5.13. The quantitative estimate of drug-likeness (QED) is 0.259. The van der Waals surface area contributed by atoms with Crippen molar-refractivity contribution in [2.45, 2.75) is 13.3 Å². The molecule has 0 bridgehead atoms. The Morgan fingerprint density at radius 1 is 1.75 bits per heavy atom. The Hall–Kier alpha value is 0.836. The predicted molar refractivity (Wildman–Crippen MR) is 25.5 cm³/mol. The van der Waals surface area contributed by atoms with E-state index in [1.807, 2.05) is 6.92 Å². The van der Waals surface area contributed by atoms with Crippen molar-refractivity contribution < 1.29 is 56.4 Å². The van der Waals surface area contributed by atoms with Gasteiger partial charge in [-0.25, -0.2) is 0 Å². The summed E-state index contributed by atoms with van der Waals surface area (Å²) < 4.78 is 0. The van der Waals surface area contributed by atoms with E-state index < -0.39 is 5.03 Å². The van der Waals surface area contributed by atoms with Crippen molar-refractivity contribution in [3.05, 3.63) is 15.5 Å². The molecule has 0 N–H and O–H groups in total. The van der Waals surface area contributed by atoms with Crippen LogP contribution in [0.3, 0.4) is 0 Å². The van der Waals surface area contributed by atoms with Crippen LogP contribution in [0.4, 0.5) is 0 Å². The molecule has 0 atom stereocenters. The van der Waals surface area contributed by atoms with Crippen molar-refractivity contribution in [1.29, 1.82) is 0 Å². The minimum absolute atomic E-state index is 0. The Bertz CT molecular complexity index is 68.3. The fourth-order valence-corrected chi connectivity index (χ4v) is 0.182. The van der Waals surface area contributed by atoms with E-state index in [1.54, 1.807) is 0 Å². The Morgan fingerprint density at radius 3 is 2.38 bits per heavy atom. The molecule has 0 saturated heterocycles. The van der Waals surface area contributed by atoms with Gasteiger partial charge in [0.1, 0.15) is 0 Å². The molecule has 0 fully saturated rings. The molecule has 0 aromatic heterocycles. The summed E-state index contributed by atoms with van der Waals surface area (Å²) in [5.41, 5.74) is 2.97. The Balaban J connectivity index is 0. The molecule has 42 valence electrons. The zero-order chi connectivity index (χ0) is 5.70. The number of hydrogen-bond acceptors (Lipinski definition) is 2. The van der Waals surface area contributed by atoms with E-state index in [1.165, 1.54) is 0 Å². The number of rotatable bonds is 3. The van der Waals surface area contributed by atoms with E-state index in [-0.39, 0.29) is 51.4 Å². The molecule has 0 rings (SSSR count). The average molecular weight is 142 g/mol. The normalized spacial score (nSPS) is 7.12. The zero-order valence-corrected chi connectivity index (χ0v) is 8.25. The van der Waals surface area contributed by atoms with E-state index in [0.717, 1.165) is 6.42 Å². The van der Waals surface area contributed by atoms with Crippen molar-refractivity contribution >= 4 is 0 Å². The second kappa shape index (κ2) is 7.84. The van der Waals surface area contributed by atoms with E-state index in [2.05, 4.69) is 5.43 Å². The van der Waals surface area contributed by atoms with Crippen LogP contribution in [0.15, 0.2) is 0 Å². The van der Waals surface area contributed by atoms with E-state index in [9.17, 15) is 10.1 Å². The topological polar surface area (TPSA) is 57.2 Å². The molecule has 4 nitrogen and oxygen atoms in total. The summed E-state index contributed by atoms with van der Waals surface area (Å²) in [6.07, 6.45) is 0.737. The molecule has 5 heteroatoms. The maximum absolute atomic E-state index is 9.40. The monoisotopic (exact) mass is 142 g/mol. The Labute approximate surface area is 90.6 Å². The first-order chi connectivity index (χ1) is 3.27. The van der Waals surface area contributed by atoms with Crippen LogP contribution in [0.1, 0.15) is 13.3 Å². The molecule has 0 radical (unpaired) electrons. The van der Waals surface area contributed by atoms with Gasteiger partial charge in [0.25, 0.3) is 0 Å². The first-order valence-corrected chi connectivity index (χ1v) is 2.09. The molecule has 0 aliphatic carbocycles. The van der Waals surface area contributed by atoms with Crippen LogP contribution in [0, 0.1) is 10.1 Å². The molecular formula is C3H7KN2O2. The fourth-order valence-electron chi connectivity index (χ4n) is 0.182. The summed E-state index contributed by atoms with van der Waals surface area (Å²) >= 11 is 0. The summed E-state index contributed by atoms with van der Waals surface area (Å²) in [6, 6.07) is 0. The Morgan fingerprint density at radius 2 is 2.25 bits per heavy atom. The molecule has 0 aromatic carbocycles. The fraction of sp³-hybridized carbons (Fsp3) is 1.00. The molecule has 8 heavy (non-hydrogen) atoms. The molecule has 0 saturated carbocycles. The maximum atomic E-state index is 9.40. The van der Waals surface area contributed by atoms with Gasteiger partial charge in [-0.2, -0.15) is 0 Å². The second-order valence-corrected chi connectivity index (χ2v) is 1.10. The van der Waals surface area contributed by atoms with Gasteiger partial charge in [-0.3, -0.25) is 10.1 Å². The van der Waals surface area contributed by atoms with Gasteiger partial charge in [0.2, 0.25) is 0 Å². The van der Waals surface area contributed by atoms with Crippen LogP contribution in [-0.2, 0) is 0 Å². The predicted octanol–water partition coefficient (Wildman–Crippen LogP) is -2.03. The summed E-state index contributed by atoms with van der Waals surface area (Å²) in [6.45, 7) is 2.17. The average Bonchev–Trinajstić information content (AvgIpc) is 1.61. The first kappa shape index (κ1) is 11.6. The van der Waals surface area contributed by atoms with Crippen LogP contribution in [-0.4, -0.2) is 11.6 Å². The third-order valence-corrected chi connectivity index (χ3v) is 0.439. The summed E-state index contributed by atoms with van der Waals surface area (Å²) in [5, 5.41) is 8.73. The molecular weight excluding hydrogens is 135 g/mol. The van der Waals surface area contributed by atoms with Gasteiger partial charge in [-0.1, -0.05) is 19.9 Å². The van der Waals surface area contributed by atoms with Gasteiger partial charge in [0, 0.05) is 0 Å². The van der Waals surface area contributed by atoms with Crippen LogP contribution in [0.2, 0.25) is 0 Å². The molecule has 0 spiro atoms. The van der Waals surface area contributed by atoms with Gasteiger partial charge >= 0.3 is 51.4 Å². The Kier molecular flexibility index (Phi) is 11.4. The molecule has 0 aliphatic rings. The minimum Gasteiger partial charge on any atom is -0.379 e. The minimum atomic E-state index is -0.663. The number of nitro groups is 1. The molecule has 0 unspecified atom stereocenters. The summed E-state index contributed by atoms with van der Waals surface area (Å²) in [5.74, 6) is 0. The smallest absolute Gasteiger partial charge is 0.379 e. The maximum Gasteiger partial charge on any atom is 1.00 e. The molecule has 0 heterocycles. The van der Waals surface area contributed by atoms with E-state index >= 15 is 0 Å². The van der Waals surface area contributed by atoms with Crippen LogP contribution >= 0.6 is 0 Å². The van der Waals surface area contributed by atoms with Crippen LogP contribution in [0.5, 0.6) is 0 Å². The van der Waals surface area contributed by atoms with E-state index in [4.69, 9.17) is 0 Å². The molecule has 0 amide bonds. The SMILES string of the molecule is CCC[N-][N+](=O)[O-].[K+]. The molecule has 0 aliphatic heterocycles. The van der Waals surface area contributed by atoms with E-state index in [0.29, 0.717) is 6.54 Å². The third-order valence-electron chi connectivity index (χ3n) is 0.439. The number of nitrogens with zero attached hydrogens (tertiary/aromatic N) is 2. The van der Waals surface area contributed by atoms with Gasteiger partial charge in [-0.05, 0) is 5.03 Å². The van der Waals surface area contributed by atoms with Crippen molar-refractivity contribution in [2.24, 2.45) is 0 Å². The standard InChI is InChI=1S/C3H7N2O2.K/c1-2-3-4-5(6)7;/h2-3H2,1H3;/q-1;+1. The van der Waals surface area contributed by atoms with Crippen LogP contribution in [0.25, 0.3) is 5.43 Å². The van der Waals surface area contributed by atoms with Gasteiger partial charge in [0.15, 0.2) is 0 Å². The van der Waals surface area contributed by atoms with Crippen molar-refractivity contribution in [1.82, 2.24) is 0 Å². The molecule has 0 aromatic rings. The third kappa shape index (κ3) is 9.96. The first-order valence-electron chi connectivity index (χ1n) is 2.09. The van der Waals surface area contributed by atoms with Gasteiger partial charge in [0.05, 0.1) is 0 Å². The number of hydrogen-bond donors (Lipinski definition) is 0. The van der Waals surface area contributed by atoms with Crippen molar-refractivity contribution in [2.75, 3.05) is 6.54 Å². The summed E-state index contributed by atoms with van der Waals surface area (Å²) in [7, 11) is 0. The van der Waals surface area contributed by atoms with Gasteiger partial charge in [-0.15, -0.1) is 0 Å². The van der Waals surface area contributed by atoms with Crippen molar-refractivity contribution in [3.63, 3.8) is 0 Å². The second-order valence-electron chi connectivity index (χ2n) is 1.10. The van der Waals surface area contributed by atoms with Gasteiger partial charge < -0.3 is 5.43 Å². The summed E-state index contributed by atoms with van der Waals surface area (Å²) in [4.78, 5) is 9.40.